The number of thiazole rings is 1. The maximum Gasteiger partial charge on any atom is 0.338 e. The molecule has 168 valence electrons. The smallest absolute Gasteiger partial charge is 0.338 e. The topological polar surface area (TPSA) is 103 Å². The van der Waals surface area contributed by atoms with Crippen molar-refractivity contribution in [3.8, 4) is 0 Å². The molecule has 0 spiro atoms. The van der Waals surface area contributed by atoms with Crippen molar-refractivity contribution in [2.24, 2.45) is 0 Å². The van der Waals surface area contributed by atoms with Gasteiger partial charge in [-0.1, -0.05) is 23.5 Å². The summed E-state index contributed by atoms with van der Waals surface area (Å²) in [4.78, 5) is 45.2. The number of carbonyl (C=O) groups is 2. The van der Waals surface area contributed by atoms with Gasteiger partial charge in [0.1, 0.15) is 17.4 Å². The van der Waals surface area contributed by atoms with Gasteiger partial charge in [0.15, 0.2) is 10.6 Å². The highest BCUT2D eigenvalue weighted by Crippen LogP contribution is 2.43. The Bertz CT molecular complexity index is 1650. The minimum atomic E-state index is -0.830. The summed E-state index contributed by atoms with van der Waals surface area (Å²) in [6.45, 7) is 2.01. The fourth-order valence-electron chi connectivity index (χ4n) is 4.19. The maximum atomic E-state index is 13.6. The highest BCUT2D eigenvalue weighted by Gasteiger charge is 2.46. The van der Waals surface area contributed by atoms with Crippen LogP contribution in [0.5, 0.6) is 0 Å². The van der Waals surface area contributed by atoms with Gasteiger partial charge in [-0.05, 0) is 49.4 Å². The van der Waals surface area contributed by atoms with Crippen LogP contribution in [0.3, 0.4) is 0 Å². The van der Waals surface area contributed by atoms with Crippen LogP contribution in [0.2, 0.25) is 0 Å². The molecular weight excluding hydrogens is 456 g/mol. The number of fused-ring (bicyclic) bond motifs is 3. The van der Waals surface area contributed by atoms with Crippen LogP contribution in [-0.2, 0) is 4.74 Å². The number of anilines is 1. The number of benzene rings is 2. The number of ether oxygens (including phenoxy) is 1. The van der Waals surface area contributed by atoms with Gasteiger partial charge in [0.25, 0.3) is 5.91 Å². The Balaban J connectivity index is 1.54. The van der Waals surface area contributed by atoms with Crippen LogP contribution < -0.4 is 10.3 Å². The van der Waals surface area contributed by atoms with Crippen LogP contribution in [0.15, 0.2) is 74.5 Å². The van der Waals surface area contributed by atoms with E-state index < -0.39 is 17.9 Å². The zero-order chi connectivity index (χ0) is 23.4. The number of esters is 1. The monoisotopic (exact) mass is 472 g/mol. The van der Waals surface area contributed by atoms with Gasteiger partial charge in [-0.3, -0.25) is 14.5 Å². The van der Waals surface area contributed by atoms with Gasteiger partial charge in [-0.15, -0.1) is 0 Å². The van der Waals surface area contributed by atoms with E-state index in [0.717, 1.165) is 0 Å². The molecule has 1 aliphatic rings. The minimum Gasteiger partial charge on any atom is -0.467 e. The van der Waals surface area contributed by atoms with Crippen molar-refractivity contribution >= 4 is 49.5 Å². The summed E-state index contributed by atoms with van der Waals surface area (Å²) in [6, 6.07) is 14.4. The van der Waals surface area contributed by atoms with Crippen LogP contribution in [0.4, 0.5) is 5.13 Å². The first-order chi connectivity index (χ1) is 16.6. The molecule has 1 aliphatic heterocycles. The molecule has 5 aromatic rings. The molecule has 34 heavy (non-hydrogen) atoms. The molecule has 0 fully saturated rings. The molecule has 1 atom stereocenters. The summed E-state index contributed by atoms with van der Waals surface area (Å²) in [5.41, 5.74) is 1.26. The Morgan fingerprint density at radius 3 is 2.79 bits per heavy atom. The zero-order valence-corrected chi connectivity index (χ0v) is 18.6. The second-order valence-electron chi connectivity index (χ2n) is 7.66. The fraction of sp³-hybridized carbons (Fsp3) is 0.120. The minimum absolute atomic E-state index is 0.0310. The normalized spacial score (nSPS) is 15.3. The number of amides is 1. The molecule has 0 saturated carbocycles. The van der Waals surface area contributed by atoms with E-state index in [1.54, 1.807) is 61.5 Å². The molecule has 0 N–H and O–H groups in total. The van der Waals surface area contributed by atoms with Crippen molar-refractivity contribution in [2.75, 3.05) is 11.5 Å². The first-order valence-corrected chi connectivity index (χ1v) is 11.4. The SMILES string of the molecule is CCOC(=O)c1ccc2nc(N3C(=O)c4oc5ccccc5c(=O)c4[C@H]3c3ccco3)sc2c1. The number of furan rings is 1. The van der Waals surface area contributed by atoms with E-state index in [-0.39, 0.29) is 23.4 Å². The lowest BCUT2D eigenvalue weighted by Gasteiger charge is -2.19. The van der Waals surface area contributed by atoms with Crippen LogP contribution in [0, 0.1) is 0 Å². The van der Waals surface area contributed by atoms with Gasteiger partial charge < -0.3 is 13.6 Å². The molecular formula is C25H16N2O6S. The van der Waals surface area contributed by atoms with Crippen molar-refractivity contribution in [1.29, 1.82) is 0 Å². The summed E-state index contributed by atoms with van der Waals surface area (Å²) in [6.07, 6.45) is 1.49. The standard InChI is InChI=1S/C25H16N2O6S/c1-2-31-24(30)13-9-10-15-18(12-13)34-25(26-15)27-20(17-8-5-11-32-17)19-21(28)14-6-3-4-7-16(14)33-22(19)23(27)29/h3-12,20H,2H2,1H3/t20-/m1/s1. The molecule has 0 bridgehead atoms. The molecule has 9 heteroatoms. The Labute approximate surface area is 196 Å². The summed E-state index contributed by atoms with van der Waals surface area (Å²) in [5.74, 6) is -0.527. The first-order valence-electron chi connectivity index (χ1n) is 10.6. The fourth-order valence-corrected chi connectivity index (χ4v) is 5.22. The molecule has 0 saturated heterocycles. The van der Waals surface area contributed by atoms with Crippen LogP contribution in [0.25, 0.3) is 21.2 Å². The van der Waals surface area contributed by atoms with E-state index in [4.69, 9.17) is 13.6 Å². The lowest BCUT2D eigenvalue weighted by Crippen LogP contribution is -2.29. The van der Waals surface area contributed by atoms with Crippen molar-refractivity contribution in [1.82, 2.24) is 4.98 Å². The third-order valence-electron chi connectivity index (χ3n) is 5.68. The number of carbonyl (C=O) groups excluding carboxylic acids is 2. The molecule has 2 aromatic carbocycles. The average molecular weight is 472 g/mol. The molecule has 4 heterocycles. The highest BCUT2D eigenvalue weighted by atomic mass is 32.1. The molecule has 0 radical (unpaired) electrons. The van der Waals surface area contributed by atoms with Crippen LogP contribution in [0.1, 0.15) is 45.2 Å². The highest BCUT2D eigenvalue weighted by molar-refractivity contribution is 7.22. The third kappa shape index (κ3) is 2.97. The quantitative estimate of drug-likeness (QED) is 0.342. The average Bonchev–Trinajstić information content (AvgIpc) is 3.57. The summed E-state index contributed by atoms with van der Waals surface area (Å²) in [7, 11) is 0. The molecule has 0 aliphatic carbocycles. The third-order valence-corrected chi connectivity index (χ3v) is 6.70. The number of hydrogen-bond donors (Lipinski definition) is 0. The Hall–Kier alpha value is -4.24. The van der Waals surface area contributed by atoms with E-state index in [1.807, 2.05) is 0 Å². The van der Waals surface area contributed by atoms with E-state index >= 15 is 0 Å². The van der Waals surface area contributed by atoms with E-state index in [1.165, 1.54) is 22.5 Å². The Morgan fingerprint density at radius 1 is 1.15 bits per heavy atom. The van der Waals surface area contributed by atoms with Gasteiger partial charge in [0, 0.05) is 0 Å². The molecule has 1 amide bonds. The van der Waals surface area contributed by atoms with Gasteiger partial charge in [-0.25, -0.2) is 9.78 Å². The van der Waals surface area contributed by atoms with Gasteiger partial charge >= 0.3 is 5.97 Å². The number of rotatable bonds is 4. The van der Waals surface area contributed by atoms with Crippen molar-refractivity contribution in [3.05, 3.63) is 93.7 Å². The molecule has 3 aromatic heterocycles. The van der Waals surface area contributed by atoms with Gasteiger partial charge in [-0.2, -0.15) is 0 Å². The summed E-state index contributed by atoms with van der Waals surface area (Å²) < 4.78 is 17.3. The van der Waals surface area contributed by atoms with Crippen molar-refractivity contribution < 1.29 is 23.2 Å². The van der Waals surface area contributed by atoms with Gasteiger partial charge in [0.2, 0.25) is 5.76 Å². The molecule has 6 rings (SSSR count). The largest absolute Gasteiger partial charge is 0.467 e. The Kier molecular flexibility index (Phi) is 4.59. The van der Waals surface area contributed by atoms with Crippen LogP contribution in [-0.4, -0.2) is 23.5 Å². The predicted octanol–water partition coefficient (Wildman–Crippen LogP) is 4.92. The number of nitrogens with zero attached hydrogens (tertiary/aromatic N) is 2. The lowest BCUT2D eigenvalue weighted by molar-refractivity contribution is 0.0526. The lowest BCUT2D eigenvalue weighted by atomic mass is 10.0. The van der Waals surface area contributed by atoms with Crippen molar-refractivity contribution in [3.63, 3.8) is 0 Å². The zero-order valence-electron chi connectivity index (χ0n) is 17.8. The maximum absolute atomic E-state index is 13.6. The first kappa shape index (κ1) is 20.4. The van der Waals surface area contributed by atoms with Gasteiger partial charge in [0.05, 0.1) is 39.6 Å². The van der Waals surface area contributed by atoms with E-state index in [2.05, 4.69) is 4.98 Å². The second-order valence-corrected chi connectivity index (χ2v) is 8.67. The molecule has 8 nitrogen and oxygen atoms in total. The number of aromatic nitrogens is 1. The van der Waals surface area contributed by atoms with Crippen molar-refractivity contribution in [2.45, 2.75) is 13.0 Å². The summed E-state index contributed by atoms with van der Waals surface area (Å²) in [5, 5.41) is 0.744. The number of hydrogen-bond acceptors (Lipinski definition) is 8. The predicted molar refractivity (Wildman–Crippen MR) is 125 cm³/mol. The van der Waals surface area contributed by atoms with E-state index in [9.17, 15) is 14.4 Å². The molecule has 0 unspecified atom stereocenters. The summed E-state index contributed by atoms with van der Waals surface area (Å²) >= 11 is 1.23. The van der Waals surface area contributed by atoms with Crippen LogP contribution >= 0.6 is 11.3 Å². The Morgan fingerprint density at radius 2 is 2.00 bits per heavy atom. The number of para-hydroxylation sites is 1. The second kappa shape index (κ2) is 7.67. The van der Waals surface area contributed by atoms with E-state index in [0.29, 0.717) is 37.6 Å².